The fraction of sp³-hybridized carbons (Fsp3) is 0.703. The van der Waals surface area contributed by atoms with Gasteiger partial charge in [0.25, 0.3) is 0 Å². The molecule has 4 N–H and O–H groups in total. The molecule has 0 heterocycles. The number of nitrogens with one attached hydrogen (secondary N) is 4. The molecule has 0 fully saturated rings. The zero-order chi connectivity index (χ0) is 37.9. The van der Waals surface area contributed by atoms with Crippen LogP contribution in [0.15, 0.2) is 24.3 Å². The summed E-state index contributed by atoms with van der Waals surface area (Å²) in [5.41, 5.74) is 1.28. The average Bonchev–Trinajstić information content (AvgIpc) is 3.10. The Morgan fingerprint density at radius 1 is 0.706 bits per heavy atom. The molecule has 0 unspecified atom stereocenters. The molecule has 0 saturated heterocycles. The van der Waals surface area contributed by atoms with Gasteiger partial charge >= 0.3 is 5.97 Å². The third kappa shape index (κ3) is 22.1. The zero-order valence-corrected chi connectivity index (χ0v) is 31.5. The minimum atomic E-state index is -0.888. The molecule has 0 spiro atoms. The van der Waals surface area contributed by atoms with Gasteiger partial charge in [-0.3, -0.25) is 24.0 Å². The molecule has 0 bridgehead atoms. The van der Waals surface area contributed by atoms with E-state index in [1.807, 2.05) is 20.8 Å². The number of rotatable bonds is 29. The van der Waals surface area contributed by atoms with Crippen molar-refractivity contribution in [2.24, 2.45) is 11.8 Å². The Kier molecular flexibility index (Phi) is 25.0. The summed E-state index contributed by atoms with van der Waals surface area (Å²) in [6.07, 6.45) is 3.53. The molecule has 0 aliphatic carbocycles. The van der Waals surface area contributed by atoms with Crippen LogP contribution < -0.4 is 21.3 Å². The van der Waals surface area contributed by atoms with E-state index in [1.54, 1.807) is 45.2 Å². The number of unbranched alkanes of at least 4 members (excludes halogenated alkanes) is 2. The lowest BCUT2D eigenvalue weighted by Crippen LogP contribution is -2.54. The number of hydrogen-bond donors (Lipinski definition) is 4. The number of amides is 4. The highest BCUT2D eigenvalue weighted by molar-refractivity contribution is 5.98. The van der Waals surface area contributed by atoms with Crippen LogP contribution in [0.1, 0.15) is 85.1 Å². The summed E-state index contributed by atoms with van der Waals surface area (Å²) < 4.78 is 26.3. The maximum absolute atomic E-state index is 13.4. The zero-order valence-electron chi connectivity index (χ0n) is 31.5. The Morgan fingerprint density at radius 3 is 1.92 bits per heavy atom. The summed E-state index contributed by atoms with van der Waals surface area (Å²) >= 11 is 0. The van der Waals surface area contributed by atoms with Gasteiger partial charge in [-0.15, -0.1) is 0 Å². The van der Waals surface area contributed by atoms with Gasteiger partial charge in [0.05, 0.1) is 52.2 Å². The Bertz CT molecular complexity index is 1150. The van der Waals surface area contributed by atoms with Crippen molar-refractivity contribution in [2.45, 2.75) is 98.3 Å². The highest BCUT2D eigenvalue weighted by atomic mass is 16.6. The van der Waals surface area contributed by atoms with E-state index in [0.29, 0.717) is 84.0 Å². The Hall–Kier alpha value is -3.59. The van der Waals surface area contributed by atoms with Gasteiger partial charge in [0.2, 0.25) is 23.6 Å². The van der Waals surface area contributed by atoms with Gasteiger partial charge in [0.15, 0.2) is 0 Å². The Morgan fingerprint density at radius 2 is 1.33 bits per heavy atom. The summed E-state index contributed by atoms with van der Waals surface area (Å²) in [6, 6.07) is 5.22. The van der Waals surface area contributed by atoms with Crippen LogP contribution in [0.25, 0.3) is 0 Å². The second-order valence-electron chi connectivity index (χ2n) is 12.8. The fourth-order valence-electron chi connectivity index (χ4n) is 4.52. The highest BCUT2D eigenvalue weighted by Gasteiger charge is 2.28. The van der Waals surface area contributed by atoms with Crippen LogP contribution >= 0.6 is 0 Å². The molecule has 2 atom stereocenters. The summed E-state index contributed by atoms with van der Waals surface area (Å²) in [6.45, 7) is 12.8. The van der Waals surface area contributed by atoms with Crippen molar-refractivity contribution in [1.82, 2.24) is 16.0 Å². The number of benzene rings is 1. The first-order valence-corrected chi connectivity index (χ1v) is 18.1. The summed E-state index contributed by atoms with van der Waals surface area (Å²) in [7, 11) is 1.61. The molecule has 0 aromatic heterocycles. The van der Waals surface area contributed by atoms with E-state index in [2.05, 4.69) is 21.3 Å². The molecule has 0 radical (unpaired) electrons. The maximum atomic E-state index is 13.4. The predicted molar refractivity (Wildman–Crippen MR) is 194 cm³/mol. The van der Waals surface area contributed by atoms with Crippen molar-refractivity contribution < 1.29 is 47.7 Å². The molecule has 0 aliphatic rings. The van der Waals surface area contributed by atoms with E-state index >= 15 is 0 Å². The van der Waals surface area contributed by atoms with Crippen molar-refractivity contribution in [2.75, 3.05) is 65.2 Å². The van der Waals surface area contributed by atoms with Crippen LogP contribution in [0, 0.1) is 11.8 Å². The lowest BCUT2D eigenvalue weighted by atomic mass is 10.0. The van der Waals surface area contributed by atoms with Gasteiger partial charge in [0.1, 0.15) is 18.7 Å². The molecule has 14 nitrogen and oxygen atoms in total. The predicted octanol–water partition coefficient (Wildman–Crippen LogP) is 3.51. The number of carbonyl (C=O) groups is 5. The van der Waals surface area contributed by atoms with Crippen LogP contribution in [0.3, 0.4) is 0 Å². The van der Waals surface area contributed by atoms with E-state index in [0.717, 1.165) is 12.0 Å². The molecular formula is C37H62N4O10. The molecule has 0 saturated carbocycles. The normalized spacial score (nSPS) is 12.3. The first-order valence-electron chi connectivity index (χ1n) is 18.1. The van der Waals surface area contributed by atoms with E-state index in [1.165, 1.54) is 0 Å². The van der Waals surface area contributed by atoms with E-state index in [-0.39, 0.29) is 49.3 Å². The SMILES string of the molecule is CCCCC(=O)N[C@H](C(=O)N[C@@H](CCCCNC(=O)CCOCCOCCOCCOC)C(=O)Nc1ccc(COC(=O)C(C)C)cc1)C(C)C. The van der Waals surface area contributed by atoms with Gasteiger partial charge in [-0.2, -0.15) is 0 Å². The molecule has 290 valence electrons. The van der Waals surface area contributed by atoms with Crippen LogP contribution in [-0.4, -0.2) is 102 Å². The highest BCUT2D eigenvalue weighted by Crippen LogP contribution is 2.14. The number of carbonyl (C=O) groups excluding carboxylic acids is 5. The smallest absolute Gasteiger partial charge is 0.308 e. The molecule has 14 heteroatoms. The standard InChI is InChI=1S/C37H62N4O10/c1-7-8-12-33(43)41-34(27(2)3)36(45)40-31(35(44)39-30-15-13-29(14-16-30)26-51-37(46)28(4)5)11-9-10-18-38-32(42)17-19-48-22-23-50-25-24-49-21-20-47-6/h13-16,27-28,31,34H,7-12,17-26H2,1-6H3,(H,38,42)(H,39,44)(H,40,45)(H,41,43)/t31-,34-/m0/s1. The monoisotopic (exact) mass is 722 g/mol. The molecule has 0 aliphatic heterocycles. The molecular weight excluding hydrogens is 660 g/mol. The molecule has 1 rings (SSSR count). The molecule has 51 heavy (non-hydrogen) atoms. The summed E-state index contributed by atoms with van der Waals surface area (Å²) in [4.78, 5) is 63.3. The van der Waals surface area contributed by atoms with Crippen molar-refractivity contribution >= 4 is 35.3 Å². The maximum Gasteiger partial charge on any atom is 0.308 e. The van der Waals surface area contributed by atoms with Gasteiger partial charge in [-0.25, -0.2) is 0 Å². The van der Waals surface area contributed by atoms with Crippen LogP contribution in [0.4, 0.5) is 5.69 Å². The van der Waals surface area contributed by atoms with Gasteiger partial charge in [0, 0.05) is 32.2 Å². The fourth-order valence-corrected chi connectivity index (χ4v) is 4.52. The molecule has 4 amide bonds. The largest absolute Gasteiger partial charge is 0.461 e. The second-order valence-corrected chi connectivity index (χ2v) is 12.8. The van der Waals surface area contributed by atoms with Crippen molar-refractivity contribution in [3.8, 4) is 0 Å². The number of anilines is 1. The lowest BCUT2D eigenvalue weighted by molar-refractivity contribution is -0.148. The van der Waals surface area contributed by atoms with Crippen LogP contribution in [0.2, 0.25) is 0 Å². The Labute approximate surface area is 303 Å². The van der Waals surface area contributed by atoms with Gasteiger partial charge in [-0.1, -0.05) is 53.2 Å². The first-order chi connectivity index (χ1) is 24.5. The van der Waals surface area contributed by atoms with E-state index in [9.17, 15) is 24.0 Å². The first kappa shape index (κ1) is 45.4. The van der Waals surface area contributed by atoms with Crippen LogP contribution in [-0.2, 0) is 54.3 Å². The number of methoxy groups -OCH3 is 1. The van der Waals surface area contributed by atoms with E-state index in [4.69, 9.17) is 23.7 Å². The van der Waals surface area contributed by atoms with Crippen molar-refractivity contribution in [3.63, 3.8) is 0 Å². The third-order valence-electron chi connectivity index (χ3n) is 7.62. The second kappa shape index (κ2) is 28.1. The minimum Gasteiger partial charge on any atom is -0.461 e. The van der Waals surface area contributed by atoms with Gasteiger partial charge < -0.3 is 45.0 Å². The topological polar surface area (TPSA) is 180 Å². The summed E-state index contributed by atoms with van der Waals surface area (Å²) in [5.74, 6) is -1.93. The minimum absolute atomic E-state index is 0.121. The number of esters is 1. The third-order valence-corrected chi connectivity index (χ3v) is 7.62. The quantitative estimate of drug-likeness (QED) is 0.0707. The average molecular weight is 723 g/mol. The number of ether oxygens (including phenoxy) is 5. The Balaban J connectivity index is 2.64. The molecule has 1 aromatic rings. The number of hydrogen-bond acceptors (Lipinski definition) is 10. The van der Waals surface area contributed by atoms with Crippen molar-refractivity contribution in [1.29, 1.82) is 0 Å². The van der Waals surface area contributed by atoms with Gasteiger partial charge in [-0.05, 0) is 49.3 Å². The van der Waals surface area contributed by atoms with E-state index < -0.39 is 23.9 Å². The summed E-state index contributed by atoms with van der Waals surface area (Å²) in [5, 5.41) is 11.4. The lowest BCUT2D eigenvalue weighted by Gasteiger charge is -2.25. The van der Waals surface area contributed by atoms with Crippen molar-refractivity contribution in [3.05, 3.63) is 29.8 Å². The molecule has 1 aromatic carbocycles. The van der Waals surface area contributed by atoms with Crippen LogP contribution in [0.5, 0.6) is 0 Å².